The summed E-state index contributed by atoms with van der Waals surface area (Å²) in [6.45, 7) is 3.06. The predicted molar refractivity (Wildman–Crippen MR) is 38.0 cm³/mol. The summed E-state index contributed by atoms with van der Waals surface area (Å²) in [7, 11) is -4.89. The van der Waals surface area contributed by atoms with Crippen LogP contribution in [-0.2, 0) is 9.36 Å². The van der Waals surface area contributed by atoms with E-state index >= 15 is 0 Å². The molecule has 0 heterocycles. The Kier molecular flexibility index (Phi) is 19.8. The molecule has 8 N–H and O–H groups in total. The maximum atomic E-state index is 9.44. The molecule has 0 spiro atoms. The quantitative estimate of drug-likeness (QED) is 0.399. The Hall–Kier alpha value is -0.300. The van der Waals surface area contributed by atoms with Crippen LogP contribution in [0.15, 0.2) is 0 Å². The molecule has 0 unspecified atom stereocenters. The lowest BCUT2D eigenvalue weighted by atomic mass is 10.6. The van der Waals surface area contributed by atoms with Crippen LogP contribution in [0.5, 0.6) is 0 Å². The van der Waals surface area contributed by atoms with Crippen LogP contribution < -0.4 is 11.0 Å². The maximum absolute atomic E-state index is 9.44. The van der Waals surface area contributed by atoms with Crippen LogP contribution in [0, 0.1) is 0 Å². The van der Waals surface area contributed by atoms with E-state index in [0.717, 1.165) is 0 Å². The van der Waals surface area contributed by atoms with E-state index in [9.17, 15) is 4.79 Å². The third-order valence-electron chi connectivity index (χ3n) is 0. The Bertz CT molecular complexity index is 118. The molecule has 0 bridgehead atoms. The topological polar surface area (TPSA) is 166 Å². The van der Waals surface area contributed by atoms with Gasteiger partial charge in [-0.15, -0.1) is 0 Å². The highest BCUT2D eigenvalue weighted by molar-refractivity contribution is 7.43. The number of ketones is 1. The minimum Gasteiger partial charge on any atom is -0.756 e. The summed E-state index contributed by atoms with van der Waals surface area (Å²) in [5.74, 6) is 0.167. The van der Waals surface area contributed by atoms with Crippen LogP contribution in [0.4, 0.5) is 0 Å². The SMILES string of the molecule is CC(C)=O.O.O=P([O-])(O)O.[NH4+]. The first-order valence-corrected chi connectivity index (χ1v) is 3.50. The third-order valence-corrected chi connectivity index (χ3v) is 0. The molecule has 0 saturated carbocycles. The summed E-state index contributed by atoms with van der Waals surface area (Å²) >= 11 is 0. The molecule has 0 aromatic carbocycles. The second-order valence-electron chi connectivity index (χ2n) is 1.40. The number of carbonyl (C=O) groups excluding carboxylic acids is 1. The van der Waals surface area contributed by atoms with E-state index in [2.05, 4.69) is 0 Å². The number of Topliss-reactive ketones (excluding diaryl/α,β-unsaturated/α-hetero) is 1. The summed E-state index contributed by atoms with van der Waals surface area (Å²) in [5, 5.41) is 0. The molecule has 0 atom stereocenters. The lowest BCUT2D eigenvalue weighted by Gasteiger charge is -2.01. The molecular weight excluding hydrogens is 177 g/mol. The van der Waals surface area contributed by atoms with Crippen molar-refractivity contribution in [2.24, 2.45) is 0 Å². The predicted octanol–water partition coefficient (Wildman–Crippen LogP) is -1.41. The third kappa shape index (κ3) is 6390. The van der Waals surface area contributed by atoms with Crippen molar-refractivity contribution >= 4 is 13.6 Å². The molecule has 0 aliphatic carbocycles. The molecule has 7 nitrogen and oxygen atoms in total. The molecule has 0 aliphatic rings. The highest BCUT2D eigenvalue weighted by Crippen LogP contribution is 2.18. The lowest BCUT2D eigenvalue weighted by Crippen LogP contribution is -1.94. The summed E-state index contributed by atoms with van der Waals surface area (Å²) in [6, 6.07) is 0. The van der Waals surface area contributed by atoms with Gasteiger partial charge in [0.1, 0.15) is 5.78 Å². The maximum Gasteiger partial charge on any atom is 0.262 e. The van der Waals surface area contributed by atoms with E-state index in [0.29, 0.717) is 0 Å². The molecule has 8 heteroatoms. The van der Waals surface area contributed by atoms with Gasteiger partial charge in [-0.05, 0) is 13.8 Å². The van der Waals surface area contributed by atoms with E-state index in [-0.39, 0.29) is 17.4 Å². The minimum absolute atomic E-state index is 0. The van der Waals surface area contributed by atoms with E-state index in [4.69, 9.17) is 19.2 Å². The van der Waals surface area contributed by atoms with E-state index in [1.54, 1.807) is 0 Å². The fourth-order valence-electron chi connectivity index (χ4n) is 0. The van der Waals surface area contributed by atoms with Crippen LogP contribution >= 0.6 is 7.82 Å². The minimum atomic E-state index is -4.89. The summed E-state index contributed by atoms with van der Waals surface area (Å²) < 4.78 is 8.77. The fourth-order valence-corrected chi connectivity index (χ4v) is 0. The van der Waals surface area contributed by atoms with Crippen molar-refractivity contribution in [1.29, 1.82) is 0 Å². The number of hydrogen-bond acceptors (Lipinski definition) is 3. The van der Waals surface area contributed by atoms with Crippen LogP contribution in [0.3, 0.4) is 0 Å². The number of carbonyl (C=O) groups is 1. The number of quaternary nitrogens is 1. The fraction of sp³-hybridized carbons (Fsp3) is 0.667. The number of phosphoric acid groups is 1. The summed E-state index contributed by atoms with van der Waals surface area (Å²) in [5.41, 5.74) is 0. The highest BCUT2D eigenvalue weighted by atomic mass is 31.2. The number of rotatable bonds is 0. The van der Waals surface area contributed by atoms with E-state index in [1.807, 2.05) is 0 Å². The van der Waals surface area contributed by atoms with Gasteiger partial charge in [0.2, 0.25) is 0 Å². The van der Waals surface area contributed by atoms with Gasteiger partial charge >= 0.3 is 0 Å². The van der Waals surface area contributed by atoms with Crippen molar-refractivity contribution in [1.82, 2.24) is 6.15 Å². The summed E-state index contributed by atoms with van der Waals surface area (Å²) in [4.78, 5) is 32.4. The molecule has 0 aromatic heterocycles. The van der Waals surface area contributed by atoms with E-state index < -0.39 is 7.82 Å². The van der Waals surface area contributed by atoms with Gasteiger partial charge < -0.3 is 31.1 Å². The van der Waals surface area contributed by atoms with Gasteiger partial charge in [0.25, 0.3) is 7.82 Å². The van der Waals surface area contributed by atoms with Gasteiger partial charge in [-0.1, -0.05) is 0 Å². The molecule has 0 radical (unpaired) electrons. The van der Waals surface area contributed by atoms with Gasteiger partial charge in [0, 0.05) is 0 Å². The van der Waals surface area contributed by atoms with Crippen LogP contribution in [0.1, 0.15) is 13.8 Å². The Morgan fingerprint density at radius 1 is 1.36 bits per heavy atom. The van der Waals surface area contributed by atoms with Crippen LogP contribution in [-0.4, -0.2) is 21.0 Å². The second kappa shape index (κ2) is 9.70. The monoisotopic (exact) mass is 191 g/mol. The molecule has 72 valence electrons. The molecule has 0 aromatic rings. The van der Waals surface area contributed by atoms with Crippen molar-refractivity contribution in [2.45, 2.75) is 13.8 Å². The lowest BCUT2D eigenvalue weighted by molar-refractivity contribution is -0.214. The average Bonchev–Trinajstić information content (AvgIpc) is 1.19. The van der Waals surface area contributed by atoms with Crippen molar-refractivity contribution in [2.75, 3.05) is 0 Å². The van der Waals surface area contributed by atoms with Gasteiger partial charge in [0.15, 0.2) is 0 Å². The first-order chi connectivity index (χ1) is 3.73. The Morgan fingerprint density at radius 3 is 1.36 bits per heavy atom. The summed E-state index contributed by atoms with van der Waals surface area (Å²) in [6.07, 6.45) is 0. The second-order valence-corrected chi connectivity index (χ2v) is 2.38. The van der Waals surface area contributed by atoms with Crippen molar-refractivity contribution < 1.29 is 29.5 Å². The standard InChI is InChI=1S/C3H6O.H3N.H3O4P.H2O/c1-3(2)4;;1-5(2,3)4;/h1-2H3;1H3;(H3,1,2,3,4);1H2. The Labute approximate surface area is 64.2 Å². The zero-order chi connectivity index (χ0) is 8.08. The molecule has 11 heavy (non-hydrogen) atoms. The molecular formula is C3H14NO6P. The van der Waals surface area contributed by atoms with Crippen molar-refractivity contribution in [3.8, 4) is 0 Å². The average molecular weight is 191 g/mol. The molecule has 0 amide bonds. The highest BCUT2D eigenvalue weighted by Gasteiger charge is 1.82. The van der Waals surface area contributed by atoms with Crippen molar-refractivity contribution in [3.05, 3.63) is 0 Å². The smallest absolute Gasteiger partial charge is 0.262 e. The molecule has 0 aliphatic heterocycles. The first kappa shape index (κ1) is 22.4. The zero-order valence-electron chi connectivity index (χ0n) is 6.57. The molecule has 0 fully saturated rings. The molecule has 0 saturated heterocycles. The zero-order valence-corrected chi connectivity index (χ0v) is 7.46. The van der Waals surface area contributed by atoms with Gasteiger partial charge in [0.05, 0.1) is 0 Å². The first-order valence-electron chi connectivity index (χ1n) is 1.97. The van der Waals surface area contributed by atoms with Gasteiger partial charge in [-0.2, -0.15) is 0 Å². The number of hydrogen-bond donors (Lipinski definition) is 3. The van der Waals surface area contributed by atoms with Crippen LogP contribution in [0.25, 0.3) is 0 Å². The van der Waals surface area contributed by atoms with E-state index in [1.165, 1.54) is 13.8 Å². The van der Waals surface area contributed by atoms with Gasteiger partial charge in [-0.25, -0.2) is 0 Å². The largest absolute Gasteiger partial charge is 0.756 e. The molecule has 0 rings (SSSR count). The van der Waals surface area contributed by atoms with Crippen LogP contribution in [0.2, 0.25) is 0 Å². The van der Waals surface area contributed by atoms with Crippen molar-refractivity contribution in [3.63, 3.8) is 0 Å². The van der Waals surface area contributed by atoms with Gasteiger partial charge in [-0.3, -0.25) is 4.57 Å². The normalized spacial score (nSPS) is 7.73. The Balaban J connectivity index is -0.0000000383. The Morgan fingerprint density at radius 2 is 1.36 bits per heavy atom.